The number of aliphatic imine (C=N–C) groups is 1. The molecule has 86 valence electrons. The van der Waals surface area contributed by atoms with Crippen molar-refractivity contribution in [2.75, 3.05) is 0 Å². The van der Waals surface area contributed by atoms with Crippen molar-refractivity contribution in [1.29, 1.82) is 0 Å². The molecule has 0 spiro atoms. The molecule has 1 fully saturated rings. The molecule has 1 aliphatic carbocycles. The molecule has 1 heterocycles. The Kier molecular flexibility index (Phi) is 2.59. The number of carbonyl (C=O) groups is 1. The summed E-state index contributed by atoms with van der Waals surface area (Å²) in [6.07, 6.45) is 3.98. The van der Waals surface area contributed by atoms with Gasteiger partial charge in [0.25, 0.3) is 6.04 Å². The summed E-state index contributed by atoms with van der Waals surface area (Å²) in [5, 5.41) is 19.7. The summed E-state index contributed by atoms with van der Waals surface area (Å²) in [4.78, 5) is 24.7. The maximum atomic E-state index is 10.8. The Morgan fingerprint density at radius 3 is 2.81 bits per heavy atom. The van der Waals surface area contributed by atoms with Crippen LogP contribution in [0.3, 0.4) is 0 Å². The van der Waals surface area contributed by atoms with E-state index in [0.29, 0.717) is 0 Å². The highest BCUT2D eigenvalue weighted by Gasteiger charge is 2.44. The monoisotopic (exact) mass is 226 g/mol. The second-order valence-electron chi connectivity index (χ2n) is 3.74. The van der Waals surface area contributed by atoms with Gasteiger partial charge in [0, 0.05) is 11.1 Å². The summed E-state index contributed by atoms with van der Waals surface area (Å²) in [6, 6.07) is -1.37. The molecule has 1 saturated carbocycles. The molecule has 2 rings (SSSR count). The van der Waals surface area contributed by atoms with Gasteiger partial charge in [-0.15, -0.1) is 0 Å². The van der Waals surface area contributed by atoms with Crippen LogP contribution < -0.4 is 0 Å². The minimum Gasteiger partial charge on any atom is -0.486 e. The van der Waals surface area contributed by atoms with E-state index in [2.05, 4.69) is 4.99 Å². The summed E-state index contributed by atoms with van der Waals surface area (Å²) in [5.41, 5.74) is 0. The van der Waals surface area contributed by atoms with Gasteiger partial charge in [0.15, 0.2) is 11.7 Å². The molecule has 2 aliphatic rings. The number of carboxylic acid groups (broad SMARTS) is 1. The molecule has 7 nitrogen and oxygen atoms in total. The van der Waals surface area contributed by atoms with Crippen LogP contribution in [0.15, 0.2) is 17.0 Å². The third kappa shape index (κ3) is 2.02. The largest absolute Gasteiger partial charge is 0.486 e. The summed E-state index contributed by atoms with van der Waals surface area (Å²) in [7, 11) is 0. The first-order valence-corrected chi connectivity index (χ1v) is 4.86. The Morgan fingerprint density at radius 1 is 1.62 bits per heavy atom. The van der Waals surface area contributed by atoms with E-state index in [1.165, 1.54) is 6.20 Å². The van der Waals surface area contributed by atoms with E-state index in [9.17, 15) is 14.9 Å². The van der Waals surface area contributed by atoms with E-state index in [-0.39, 0.29) is 11.9 Å². The summed E-state index contributed by atoms with van der Waals surface area (Å²) < 4.78 is 5.30. The molecule has 0 amide bonds. The van der Waals surface area contributed by atoms with Crippen LogP contribution in [-0.4, -0.2) is 34.4 Å². The van der Waals surface area contributed by atoms with Gasteiger partial charge in [0.2, 0.25) is 0 Å². The van der Waals surface area contributed by atoms with Gasteiger partial charge in [-0.3, -0.25) is 19.9 Å². The van der Waals surface area contributed by atoms with Crippen molar-refractivity contribution in [3.8, 4) is 0 Å². The molecule has 16 heavy (non-hydrogen) atoms. The van der Waals surface area contributed by atoms with Gasteiger partial charge < -0.3 is 9.84 Å². The van der Waals surface area contributed by atoms with Crippen molar-refractivity contribution < 1.29 is 19.6 Å². The Bertz CT molecular complexity index is 385. The van der Waals surface area contributed by atoms with Crippen LogP contribution in [0, 0.1) is 16.0 Å². The summed E-state index contributed by atoms with van der Waals surface area (Å²) in [6.45, 7) is 0. The van der Waals surface area contributed by atoms with Gasteiger partial charge in [0.1, 0.15) is 0 Å². The van der Waals surface area contributed by atoms with Crippen molar-refractivity contribution in [3.63, 3.8) is 0 Å². The first kappa shape index (κ1) is 10.6. The van der Waals surface area contributed by atoms with Gasteiger partial charge in [-0.05, 0) is 12.8 Å². The molecule has 0 bridgehead atoms. The molecule has 2 unspecified atom stereocenters. The molecule has 1 N–H and O–H groups in total. The molecule has 0 radical (unpaired) electrons. The first-order chi connectivity index (χ1) is 7.59. The molecule has 7 heteroatoms. The van der Waals surface area contributed by atoms with E-state index < -0.39 is 22.9 Å². The van der Waals surface area contributed by atoms with Crippen LogP contribution in [0.4, 0.5) is 0 Å². The third-order valence-electron chi connectivity index (χ3n) is 2.42. The van der Waals surface area contributed by atoms with Crippen molar-refractivity contribution in [1.82, 2.24) is 0 Å². The minimum absolute atomic E-state index is 0.0172. The number of ether oxygens (including phenoxy) is 1. The lowest BCUT2D eigenvalue weighted by Crippen LogP contribution is -2.39. The fourth-order valence-corrected chi connectivity index (χ4v) is 1.46. The maximum absolute atomic E-state index is 10.8. The Balaban J connectivity index is 2.20. The Hall–Kier alpha value is -1.92. The normalized spacial score (nSPS) is 28.4. The third-order valence-corrected chi connectivity index (χ3v) is 2.42. The van der Waals surface area contributed by atoms with E-state index in [1.807, 2.05) is 0 Å². The topological polar surface area (TPSA) is 102 Å². The molecular formula is C9H10N2O5. The lowest BCUT2D eigenvalue weighted by atomic mass is 9.98. The van der Waals surface area contributed by atoms with Gasteiger partial charge in [0.05, 0.1) is 12.3 Å². The number of rotatable bonds is 4. The van der Waals surface area contributed by atoms with Gasteiger partial charge >= 0.3 is 5.97 Å². The van der Waals surface area contributed by atoms with E-state index >= 15 is 0 Å². The van der Waals surface area contributed by atoms with E-state index in [0.717, 1.165) is 19.1 Å². The number of carboxylic acids is 1. The zero-order chi connectivity index (χ0) is 11.7. The standard InChI is InChI=1S/C9H10N2O5/c12-9(13)6-3-10-4-7(8(6)11(14)15)16-5-1-2-5/h3-6,8H,1-2H2,(H,12,13). The predicted molar refractivity (Wildman–Crippen MR) is 52.6 cm³/mol. The highest BCUT2D eigenvalue weighted by molar-refractivity contribution is 5.90. The van der Waals surface area contributed by atoms with Crippen LogP contribution in [0.25, 0.3) is 0 Å². The number of hydrogen-bond donors (Lipinski definition) is 1. The molecule has 1 aliphatic heterocycles. The van der Waals surface area contributed by atoms with Gasteiger partial charge in [-0.1, -0.05) is 0 Å². The van der Waals surface area contributed by atoms with Crippen LogP contribution in [-0.2, 0) is 9.53 Å². The number of hydrogen-bond acceptors (Lipinski definition) is 5. The molecule has 2 atom stereocenters. The van der Waals surface area contributed by atoms with Crippen molar-refractivity contribution in [2.45, 2.75) is 25.0 Å². The zero-order valence-electron chi connectivity index (χ0n) is 8.28. The lowest BCUT2D eigenvalue weighted by Gasteiger charge is -2.19. The van der Waals surface area contributed by atoms with E-state index in [4.69, 9.17) is 9.84 Å². The number of nitrogens with zero attached hydrogens (tertiary/aromatic N) is 2. The fraction of sp³-hybridized carbons (Fsp3) is 0.556. The SMILES string of the molecule is O=C(O)C1C=NC=C(OC2CC2)C1[N+](=O)[O-]. The van der Waals surface area contributed by atoms with Crippen molar-refractivity contribution in [3.05, 3.63) is 22.1 Å². The van der Waals surface area contributed by atoms with Crippen LogP contribution in [0.2, 0.25) is 0 Å². The zero-order valence-corrected chi connectivity index (χ0v) is 8.28. The lowest BCUT2D eigenvalue weighted by molar-refractivity contribution is -0.520. The van der Waals surface area contributed by atoms with Crippen molar-refractivity contribution >= 4 is 12.2 Å². The molecule has 0 aromatic heterocycles. The Morgan fingerprint density at radius 2 is 2.31 bits per heavy atom. The minimum atomic E-state index is -1.37. The molecule has 0 aromatic carbocycles. The summed E-state index contributed by atoms with van der Waals surface area (Å²) in [5.74, 6) is -2.48. The average Bonchev–Trinajstić information content (AvgIpc) is 3.00. The highest BCUT2D eigenvalue weighted by atomic mass is 16.6. The number of nitro groups is 1. The quantitative estimate of drug-likeness (QED) is 0.553. The predicted octanol–water partition coefficient (Wildman–Crippen LogP) is 0.437. The van der Waals surface area contributed by atoms with Crippen LogP contribution in [0.1, 0.15) is 12.8 Å². The average molecular weight is 226 g/mol. The smallest absolute Gasteiger partial charge is 0.319 e. The molecule has 0 saturated heterocycles. The maximum Gasteiger partial charge on any atom is 0.319 e. The van der Waals surface area contributed by atoms with Gasteiger partial charge in [-0.25, -0.2) is 0 Å². The van der Waals surface area contributed by atoms with Gasteiger partial charge in [-0.2, -0.15) is 0 Å². The number of aliphatic carboxylic acids is 1. The second-order valence-corrected chi connectivity index (χ2v) is 3.74. The van der Waals surface area contributed by atoms with E-state index in [1.54, 1.807) is 0 Å². The highest BCUT2D eigenvalue weighted by Crippen LogP contribution is 2.30. The van der Waals surface area contributed by atoms with Crippen molar-refractivity contribution in [2.24, 2.45) is 10.9 Å². The Labute approximate surface area is 90.6 Å². The summed E-state index contributed by atoms with van der Waals surface area (Å²) >= 11 is 0. The fourth-order valence-electron chi connectivity index (χ4n) is 1.46. The van der Waals surface area contributed by atoms with Crippen LogP contribution >= 0.6 is 0 Å². The second kappa shape index (κ2) is 3.92. The first-order valence-electron chi connectivity index (χ1n) is 4.86. The van der Waals surface area contributed by atoms with Crippen LogP contribution in [0.5, 0.6) is 0 Å². The molecular weight excluding hydrogens is 216 g/mol. The molecule has 0 aromatic rings.